The smallest absolute Gasteiger partial charge is 0.339 e. The predicted octanol–water partition coefficient (Wildman–Crippen LogP) is 3.33. The summed E-state index contributed by atoms with van der Waals surface area (Å²) in [6.07, 6.45) is 0.343. The third-order valence-electron chi connectivity index (χ3n) is 3.08. The molecule has 0 fully saturated rings. The molecule has 0 unspecified atom stereocenters. The van der Waals surface area contributed by atoms with Crippen LogP contribution in [0.3, 0.4) is 0 Å². The van der Waals surface area contributed by atoms with Crippen LogP contribution in [0.25, 0.3) is 0 Å². The number of furan rings is 1. The maximum absolute atomic E-state index is 13.2. The van der Waals surface area contributed by atoms with Gasteiger partial charge in [-0.25, -0.2) is 9.18 Å². The molecule has 0 saturated carbocycles. The molecule has 1 aromatic heterocycles. The van der Waals surface area contributed by atoms with Crippen molar-refractivity contribution >= 4 is 17.6 Å². The monoisotopic (exact) mass is 321 g/mol. The van der Waals surface area contributed by atoms with Crippen LogP contribution in [0.5, 0.6) is 5.75 Å². The van der Waals surface area contributed by atoms with E-state index >= 15 is 0 Å². The van der Waals surface area contributed by atoms with Gasteiger partial charge in [0.1, 0.15) is 22.9 Å². The molecule has 0 saturated heterocycles. The molecule has 0 radical (unpaired) electrons. The van der Waals surface area contributed by atoms with Crippen LogP contribution >= 0.6 is 0 Å². The summed E-state index contributed by atoms with van der Waals surface area (Å²) in [5, 5.41) is 11.6. The van der Waals surface area contributed by atoms with Crippen molar-refractivity contribution < 1.29 is 28.2 Å². The molecule has 6 nitrogen and oxygen atoms in total. The minimum atomic E-state index is -1.17. The van der Waals surface area contributed by atoms with Gasteiger partial charge in [0.2, 0.25) is 0 Å². The van der Waals surface area contributed by atoms with E-state index in [9.17, 15) is 14.0 Å². The Hall–Kier alpha value is -2.83. The molecule has 1 heterocycles. The van der Waals surface area contributed by atoms with Crippen LogP contribution in [0.15, 0.2) is 28.7 Å². The molecule has 2 N–H and O–H groups in total. The largest absolute Gasteiger partial charge is 0.492 e. The molecule has 7 heteroatoms. The molecule has 0 aliphatic heterocycles. The molecule has 23 heavy (non-hydrogen) atoms. The fourth-order valence-electron chi connectivity index (χ4n) is 2.04. The number of halogens is 1. The highest BCUT2D eigenvalue weighted by Crippen LogP contribution is 2.26. The lowest BCUT2D eigenvalue weighted by Crippen LogP contribution is -2.12. The van der Waals surface area contributed by atoms with Gasteiger partial charge in [0.15, 0.2) is 5.76 Å². The number of hydrogen-bond acceptors (Lipinski definition) is 4. The summed E-state index contributed by atoms with van der Waals surface area (Å²) in [6.45, 7) is 3.76. The first-order chi connectivity index (χ1) is 11.0. The van der Waals surface area contributed by atoms with Gasteiger partial charge < -0.3 is 19.6 Å². The summed E-state index contributed by atoms with van der Waals surface area (Å²) in [6, 6.07) is 4.86. The Morgan fingerprint density at radius 2 is 2.04 bits per heavy atom. The van der Waals surface area contributed by atoms with Crippen LogP contribution in [0.2, 0.25) is 0 Å². The van der Waals surface area contributed by atoms with Gasteiger partial charge in [-0.05, 0) is 19.1 Å². The molecule has 0 atom stereocenters. The van der Waals surface area contributed by atoms with Gasteiger partial charge in [-0.3, -0.25) is 4.79 Å². The molecule has 122 valence electrons. The number of aromatic carboxylic acids is 1. The van der Waals surface area contributed by atoms with E-state index in [1.54, 1.807) is 13.8 Å². The standard InChI is InChI=1S/C16H16FNO5/c1-3-12-10(16(20)21)8-14(23-12)15(19)18-11-6-5-9(17)7-13(11)22-4-2/h5-8H,3-4H2,1-2H3,(H,18,19)(H,20,21). The molecule has 0 bridgehead atoms. The van der Waals surface area contributed by atoms with Crippen LogP contribution in [0, 0.1) is 5.82 Å². The number of rotatable bonds is 6. The van der Waals surface area contributed by atoms with Crippen molar-refractivity contribution in [3.63, 3.8) is 0 Å². The van der Waals surface area contributed by atoms with E-state index in [-0.39, 0.29) is 28.5 Å². The minimum absolute atomic E-state index is 0.0539. The molecular formula is C16H16FNO5. The Kier molecular flexibility index (Phi) is 5.00. The minimum Gasteiger partial charge on any atom is -0.492 e. The van der Waals surface area contributed by atoms with Gasteiger partial charge in [0.25, 0.3) is 5.91 Å². The summed E-state index contributed by atoms with van der Waals surface area (Å²) in [5.41, 5.74) is 0.214. The van der Waals surface area contributed by atoms with E-state index in [0.717, 1.165) is 6.07 Å². The molecule has 2 aromatic rings. The summed E-state index contributed by atoms with van der Waals surface area (Å²) < 4.78 is 23.8. The van der Waals surface area contributed by atoms with Crippen molar-refractivity contribution in [2.75, 3.05) is 11.9 Å². The third-order valence-corrected chi connectivity index (χ3v) is 3.08. The van der Waals surface area contributed by atoms with Gasteiger partial charge >= 0.3 is 5.97 Å². The number of nitrogens with one attached hydrogen (secondary N) is 1. The molecule has 0 spiro atoms. The average Bonchev–Trinajstić information content (AvgIpc) is 2.95. The topological polar surface area (TPSA) is 88.8 Å². The van der Waals surface area contributed by atoms with Crippen molar-refractivity contribution in [1.29, 1.82) is 0 Å². The van der Waals surface area contributed by atoms with Crippen molar-refractivity contribution in [1.82, 2.24) is 0 Å². The first-order valence-electron chi connectivity index (χ1n) is 7.06. The van der Waals surface area contributed by atoms with Crippen molar-refractivity contribution in [3.05, 3.63) is 47.2 Å². The maximum atomic E-state index is 13.2. The first kappa shape index (κ1) is 16.5. The molecular weight excluding hydrogens is 305 g/mol. The Morgan fingerprint density at radius 1 is 1.30 bits per heavy atom. The normalized spacial score (nSPS) is 10.4. The van der Waals surface area contributed by atoms with Crippen molar-refractivity contribution in [2.24, 2.45) is 0 Å². The fourth-order valence-corrected chi connectivity index (χ4v) is 2.04. The summed E-state index contributed by atoms with van der Waals surface area (Å²) >= 11 is 0. The molecule has 1 aromatic carbocycles. The molecule has 1 amide bonds. The summed E-state index contributed by atoms with van der Waals surface area (Å²) in [4.78, 5) is 23.3. The van der Waals surface area contributed by atoms with Gasteiger partial charge in [-0.1, -0.05) is 6.92 Å². The van der Waals surface area contributed by atoms with Crippen LogP contribution in [-0.2, 0) is 6.42 Å². The van der Waals surface area contributed by atoms with E-state index in [0.29, 0.717) is 13.0 Å². The number of benzene rings is 1. The number of aryl methyl sites for hydroxylation is 1. The number of carboxylic acids is 1. The number of anilines is 1. The molecule has 0 aliphatic rings. The van der Waals surface area contributed by atoms with Crippen LogP contribution in [0.1, 0.15) is 40.5 Å². The lowest BCUT2D eigenvalue weighted by Gasteiger charge is -2.10. The number of carbonyl (C=O) groups is 2. The maximum Gasteiger partial charge on any atom is 0.339 e. The highest BCUT2D eigenvalue weighted by Gasteiger charge is 2.21. The van der Waals surface area contributed by atoms with E-state index in [1.165, 1.54) is 18.2 Å². The van der Waals surface area contributed by atoms with Gasteiger partial charge in [-0.2, -0.15) is 0 Å². The van der Waals surface area contributed by atoms with Crippen molar-refractivity contribution in [2.45, 2.75) is 20.3 Å². The lowest BCUT2D eigenvalue weighted by molar-refractivity contribution is 0.0694. The Morgan fingerprint density at radius 3 is 2.61 bits per heavy atom. The third kappa shape index (κ3) is 3.68. The highest BCUT2D eigenvalue weighted by atomic mass is 19.1. The first-order valence-corrected chi connectivity index (χ1v) is 7.06. The van der Waals surface area contributed by atoms with E-state index in [1.807, 2.05) is 0 Å². The zero-order valence-electron chi connectivity index (χ0n) is 12.7. The van der Waals surface area contributed by atoms with E-state index < -0.39 is 17.7 Å². The highest BCUT2D eigenvalue weighted by molar-refractivity contribution is 6.04. The van der Waals surface area contributed by atoms with Gasteiger partial charge in [0, 0.05) is 18.6 Å². The number of carbonyl (C=O) groups excluding carboxylic acids is 1. The molecule has 0 aliphatic carbocycles. The summed E-state index contributed by atoms with van der Waals surface area (Å²) in [7, 11) is 0. The Bertz CT molecular complexity index is 738. The van der Waals surface area contributed by atoms with Crippen molar-refractivity contribution in [3.8, 4) is 5.75 Å². The Balaban J connectivity index is 2.27. The Labute approximate surface area is 131 Å². The van der Waals surface area contributed by atoms with E-state index in [2.05, 4.69) is 5.32 Å². The fraction of sp³-hybridized carbons (Fsp3) is 0.250. The average molecular weight is 321 g/mol. The second kappa shape index (κ2) is 6.95. The molecule has 2 rings (SSSR count). The second-order valence-electron chi connectivity index (χ2n) is 4.63. The lowest BCUT2D eigenvalue weighted by atomic mass is 10.2. The number of amides is 1. The zero-order valence-corrected chi connectivity index (χ0v) is 12.7. The van der Waals surface area contributed by atoms with Crippen LogP contribution in [0.4, 0.5) is 10.1 Å². The van der Waals surface area contributed by atoms with Crippen LogP contribution < -0.4 is 10.1 Å². The zero-order chi connectivity index (χ0) is 17.0. The second-order valence-corrected chi connectivity index (χ2v) is 4.63. The number of carboxylic acid groups (broad SMARTS) is 1. The van der Waals surface area contributed by atoms with Gasteiger partial charge in [-0.15, -0.1) is 0 Å². The summed E-state index contributed by atoms with van der Waals surface area (Å²) in [5.74, 6) is -2.04. The van der Waals surface area contributed by atoms with Gasteiger partial charge in [0.05, 0.1) is 12.3 Å². The van der Waals surface area contributed by atoms with Crippen LogP contribution in [-0.4, -0.2) is 23.6 Å². The quantitative estimate of drug-likeness (QED) is 0.852. The number of ether oxygens (including phenoxy) is 1. The van der Waals surface area contributed by atoms with E-state index in [4.69, 9.17) is 14.3 Å². The number of hydrogen-bond donors (Lipinski definition) is 2. The SMILES string of the molecule is CCOc1cc(F)ccc1NC(=O)c1cc(C(=O)O)c(CC)o1. The predicted molar refractivity (Wildman–Crippen MR) is 80.6 cm³/mol.